The van der Waals surface area contributed by atoms with Gasteiger partial charge in [-0.05, 0) is 14.1 Å². The summed E-state index contributed by atoms with van der Waals surface area (Å²) in [6, 6.07) is 0. The maximum atomic E-state index is 6.57. The van der Waals surface area contributed by atoms with Gasteiger partial charge in [-0.15, -0.1) is 23.2 Å². The van der Waals surface area contributed by atoms with Crippen LogP contribution in [0.25, 0.3) is 0 Å². The van der Waals surface area contributed by atoms with E-state index in [-0.39, 0.29) is 28.1 Å². The van der Waals surface area contributed by atoms with E-state index in [1.54, 1.807) is 0 Å². The molecule has 7 heteroatoms. The fraction of sp³-hybridized carbons (Fsp3) is 1.00. The number of rotatable bonds is 0. The average Bonchev–Trinajstić information content (AvgIpc) is 2.42. The monoisotopic (exact) mass is 349 g/mol. The van der Waals surface area contributed by atoms with Crippen LogP contribution in [0, 0.1) is 0 Å². The van der Waals surface area contributed by atoms with Crippen LogP contribution in [0.3, 0.4) is 0 Å². The van der Waals surface area contributed by atoms with Crippen LogP contribution in [-0.2, 0) is 17.1 Å². The molecule has 2 aliphatic rings. The van der Waals surface area contributed by atoms with Crippen molar-refractivity contribution in [3.05, 3.63) is 0 Å². The Morgan fingerprint density at radius 1 is 0.632 bits per heavy atom. The quantitative estimate of drug-likeness (QED) is 0.361. The Balaban J connectivity index is 0.00000180. The molecule has 2 rings (SSSR count). The smallest absolute Gasteiger partial charge is 0.115 e. The predicted molar refractivity (Wildman–Crippen MR) is 77.4 cm³/mol. The van der Waals surface area contributed by atoms with Crippen molar-refractivity contribution in [2.75, 3.05) is 66.5 Å². The third-order valence-corrected chi connectivity index (χ3v) is 5.16. The molecular weight excluding hydrogens is 326 g/mol. The summed E-state index contributed by atoms with van der Waals surface area (Å²) in [5.41, 5.74) is -0.186. The maximum Gasteiger partial charge on any atom is 0.115 e. The fourth-order valence-corrected chi connectivity index (χ4v) is 3.19. The van der Waals surface area contributed by atoms with Crippen molar-refractivity contribution < 1.29 is 17.1 Å². The van der Waals surface area contributed by atoms with Gasteiger partial charge in [0.2, 0.25) is 0 Å². The third-order valence-electron chi connectivity index (χ3n) is 4.00. The van der Waals surface area contributed by atoms with Gasteiger partial charge in [0.05, 0.1) is 0 Å². The molecular formula is C12H24Cl2MnN4. The number of fused-ring (bicyclic) bond motifs is 3. The molecule has 2 fully saturated rings. The van der Waals surface area contributed by atoms with E-state index < -0.39 is 0 Å². The molecule has 4 nitrogen and oxygen atoms in total. The summed E-state index contributed by atoms with van der Waals surface area (Å²) in [5, 5.41) is 0. The van der Waals surface area contributed by atoms with Crippen LogP contribution in [0.2, 0.25) is 0 Å². The summed E-state index contributed by atoms with van der Waals surface area (Å²) in [6.45, 7) is 8.22. The molecule has 2 saturated heterocycles. The van der Waals surface area contributed by atoms with Crippen LogP contribution >= 0.6 is 23.2 Å². The summed E-state index contributed by atoms with van der Waals surface area (Å²) < 4.78 is 0. The van der Waals surface area contributed by atoms with Crippen molar-refractivity contribution in [1.29, 1.82) is 0 Å². The molecule has 2 heterocycles. The van der Waals surface area contributed by atoms with E-state index >= 15 is 0 Å². The van der Waals surface area contributed by atoms with Gasteiger partial charge in [-0.2, -0.15) is 0 Å². The zero-order valence-corrected chi connectivity index (χ0v) is 14.4. The molecule has 0 saturated carbocycles. The molecule has 2 unspecified atom stereocenters. The first-order chi connectivity index (χ1) is 8.58. The van der Waals surface area contributed by atoms with Crippen molar-refractivity contribution in [3.63, 3.8) is 0 Å². The standard InChI is InChI=1S/C12H24Cl2N4.Mn/c1-15-3-7-17-9-5-16(2)6-10-18(8-4-15)12(14)11(17)13;/h11-12H,3-10H2,1-2H3;. The zero-order valence-electron chi connectivity index (χ0n) is 11.7. The normalized spacial score (nSPS) is 39.2. The number of hydrogen-bond acceptors (Lipinski definition) is 4. The van der Waals surface area contributed by atoms with Gasteiger partial charge in [-0.25, -0.2) is 0 Å². The molecule has 0 aromatic rings. The van der Waals surface area contributed by atoms with Crippen LogP contribution in [0.4, 0.5) is 0 Å². The average molecular weight is 350 g/mol. The summed E-state index contributed by atoms with van der Waals surface area (Å²) >= 11 is 13.1. The Labute approximate surface area is 137 Å². The minimum absolute atomic E-state index is 0. The number of hydrogen-bond donors (Lipinski definition) is 0. The SMILES string of the molecule is CN1CCN2CCN(C)CCN(CC1)C(Cl)C2Cl.[Mn]. The molecule has 1 radical (unpaired) electrons. The van der Waals surface area contributed by atoms with Gasteiger partial charge >= 0.3 is 0 Å². The summed E-state index contributed by atoms with van der Waals surface area (Å²) in [6.07, 6.45) is 0. The fourth-order valence-electron chi connectivity index (χ4n) is 2.49. The third kappa shape index (κ3) is 5.01. The van der Waals surface area contributed by atoms with Crippen LogP contribution in [0.5, 0.6) is 0 Å². The van der Waals surface area contributed by atoms with Gasteiger partial charge in [0.1, 0.15) is 11.0 Å². The van der Waals surface area contributed by atoms with E-state index in [4.69, 9.17) is 23.2 Å². The molecule has 0 N–H and O–H groups in total. The Hall–Kier alpha value is 0.939. The Morgan fingerprint density at radius 3 is 1.16 bits per heavy atom. The molecule has 113 valence electrons. The first-order valence-corrected chi connectivity index (χ1v) is 7.58. The van der Waals surface area contributed by atoms with Gasteiger partial charge < -0.3 is 9.80 Å². The summed E-state index contributed by atoms with van der Waals surface area (Å²) in [7, 11) is 4.35. The van der Waals surface area contributed by atoms with E-state index in [2.05, 4.69) is 33.7 Å². The zero-order chi connectivity index (χ0) is 13.1. The molecule has 0 amide bonds. The van der Waals surface area contributed by atoms with Crippen molar-refractivity contribution >= 4 is 23.2 Å². The molecule has 0 aromatic heterocycles. The largest absolute Gasteiger partial charge is 0.304 e. The number of alkyl halides is 2. The second-order valence-electron chi connectivity index (χ2n) is 5.42. The van der Waals surface area contributed by atoms with Crippen LogP contribution in [-0.4, -0.2) is 97.1 Å². The number of nitrogens with zero attached hydrogens (tertiary/aromatic N) is 4. The molecule has 0 aromatic carbocycles. The second-order valence-corrected chi connectivity index (χ2v) is 6.32. The first-order valence-electron chi connectivity index (χ1n) is 6.71. The van der Waals surface area contributed by atoms with E-state index in [1.165, 1.54) is 0 Å². The predicted octanol–water partition coefficient (Wildman–Crippen LogP) is 0.608. The van der Waals surface area contributed by atoms with Crippen LogP contribution in [0.15, 0.2) is 0 Å². The van der Waals surface area contributed by atoms with E-state index in [0.29, 0.717) is 0 Å². The van der Waals surface area contributed by atoms with Gasteiger partial charge in [-0.1, -0.05) is 0 Å². The number of likely N-dealkylation sites (N-methyl/N-ethyl adjacent to an activating group) is 2. The van der Waals surface area contributed by atoms with Gasteiger partial charge in [-0.3, -0.25) is 9.80 Å². The molecule has 0 spiro atoms. The summed E-state index contributed by atoms with van der Waals surface area (Å²) in [4.78, 5) is 9.36. The Kier molecular flexibility index (Phi) is 7.95. The van der Waals surface area contributed by atoms with Gasteiger partial charge in [0, 0.05) is 69.4 Å². The molecule has 2 aliphatic heterocycles. The van der Waals surface area contributed by atoms with E-state index in [1.807, 2.05) is 0 Å². The van der Waals surface area contributed by atoms with Crippen molar-refractivity contribution in [2.24, 2.45) is 0 Å². The van der Waals surface area contributed by atoms with Crippen molar-refractivity contribution in [2.45, 2.75) is 11.0 Å². The molecule has 2 atom stereocenters. The Morgan fingerprint density at radius 2 is 0.895 bits per heavy atom. The van der Waals surface area contributed by atoms with Crippen LogP contribution in [0.1, 0.15) is 0 Å². The van der Waals surface area contributed by atoms with E-state index in [9.17, 15) is 0 Å². The second kappa shape index (κ2) is 8.40. The number of halogens is 2. The van der Waals surface area contributed by atoms with E-state index in [0.717, 1.165) is 52.4 Å². The topological polar surface area (TPSA) is 13.0 Å². The van der Waals surface area contributed by atoms with Crippen molar-refractivity contribution in [3.8, 4) is 0 Å². The van der Waals surface area contributed by atoms with Gasteiger partial charge in [0.15, 0.2) is 0 Å². The first kappa shape index (κ1) is 18.0. The minimum Gasteiger partial charge on any atom is -0.304 e. The van der Waals surface area contributed by atoms with Crippen LogP contribution < -0.4 is 0 Å². The Bertz CT molecular complexity index is 230. The minimum atomic E-state index is -0.0929. The van der Waals surface area contributed by atoms with Gasteiger partial charge in [0.25, 0.3) is 0 Å². The summed E-state index contributed by atoms with van der Waals surface area (Å²) in [5.74, 6) is 0. The van der Waals surface area contributed by atoms with Crippen molar-refractivity contribution in [1.82, 2.24) is 19.6 Å². The maximum absolute atomic E-state index is 6.57. The molecule has 19 heavy (non-hydrogen) atoms. The molecule has 0 aliphatic carbocycles. The molecule has 2 bridgehead atoms.